The van der Waals surface area contributed by atoms with Crippen LogP contribution in [-0.2, 0) is 23.7 Å². The molecule has 2 saturated carbocycles. The van der Waals surface area contributed by atoms with Crippen LogP contribution in [0.3, 0.4) is 0 Å². The second-order valence-corrected chi connectivity index (χ2v) is 14.5. The summed E-state index contributed by atoms with van der Waals surface area (Å²) in [6.07, 6.45) is 2.30. The molecule has 1 aromatic rings. The largest absolute Gasteiger partial charge is 0.507 e. The van der Waals surface area contributed by atoms with E-state index < -0.39 is 54.8 Å². The van der Waals surface area contributed by atoms with E-state index in [1.54, 1.807) is 30.4 Å². The first-order valence-corrected chi connectivity index (χ1v) is 16.3. The molecule has 1 aromatic carbocycles. The average Bonchev–Trinajstić information content (AvgIpc) is 3.72. The Hall–Kier alpha value is -2.81. The van der Waals surface area contributed by atoms with Crippen molar-refractivity contribution >= 4 is 17.7 Å². The van der Waals surface area contributed by atoms with Gasteiger partial charge >= 0.3 is 5.97 Å². The molecule has 5 aliphatic rings. The number of phenolic OH excluding ortho intramolecular Hbond substituents is 1. The maximum Gasteiger partial charge on any atom is 0.343 e. The Morgan fingerprint density at radius 3 is 2.45 bits per heavy atom. The smallest absolute Gasteiger partial charge is 0.343 e. The number of aromatic hydroxyl groups is 1. The molecular weight excluding hydrogens is 610 g/mol. The number of ether oxygens (including phenoxy) is 4. The number of nitrogens with zero attached hydrogens (tertiary/aromatic N) is 1. The van der Waals surface area contributed by atoms with Gasteiger partial charge in [0.15, 0.2) is 6.29 Å². The van der Waals surface area contributed by atoms with E-state index in [4.69, 9.17) is 18.9 Å². The van der Waals surface area contributed by atoms with Crippen molar-refractivity contribution in [1.29, 1.82) is 0 Å². The van der Waals surface area contributed by atoms with Crippen LogP contribution >= 0.6 is 0 Å². The van der Waals surface area contributed by atoms with Crippen molar-refractivity contribution in [3.05, 3.63) is 53.3 Å². The van der Waals surface area contributed by atoms with Gasteiger partial charge in [-0.25, -0.2) is 4.79 Å². The molecule has 12 heteroatoms. The highest BCUT2D eigenvalue weighted by atomic mass is 16.7. The lowest BCUT2D eigenvalue weighted by Crippen LogP contribution is -2.64. The van der Waals surface area contributed by atoms with Crippen LogP contribution in [-0.4, -0.2) is 113 Å². The zero-order chi connectivity index (χ0) is 33.9. The van der Waals surface area contributed by atoms with Gasteiger partial charge in [-0.05, 0) is 61.3 Å². The van der Waals surface area contributed by atoms with Crippen molar-refractivity contribution in [3.8, 4) is 5.75 Å². The molecule has 0 aromatic heterocycles. The average molecular weight is 658 g/mol. The van der Waals surface area contributed by atoms with Gasteiger partial charge in [-0.2, -0.15) is 0 Å². The summed E-state index contributed by atoms with van der Waals surface area (Å²) in [7, 11) is 3.76. The van der Waals surface area contributed by atoms with Gasteiger partial charge in [-0.1, -0.05) is 26.0 Å². The molecule has 8 unspecified atom stereocenters. The third-order valence-corrected chi connectivity index (χ3v) is 11.4. The fraction of sp³-hybridized carbons (Fsp3) is 0.629. The predicted molar refractivity (Wildman–Crippen MR) is 170 cm³/mol. The molecule has 6 rings (SSSR count). The number of aliphatic hydroxyl groups is 5. The molecule has 6 N–H and O–H groups in total. The molecule has 2 saturated heterocycles. The van der Waals surface area contributed by atoms with E-state index >= 15 is 0 Å². The van der Waals surface area contributed by atoms with Gasteiger partial charge in [0.25, 0.3) is 0 Å². The summed E-state index contributed by atoms with van der Waals surface area (Å²) in [5.74, 6) is -0.217. The molecule has 2 aliphatic carbocycles. The number of epoxide rings is 1. The maximum atomic E-state index is 12.9. The number of anilines is 1. The highest BCUT2D eigenvalue weighted by molar-refractivity contribution is 5.96. The predicted octanol–water partition coefficient (Wildman–Crippen LogP) is 1.62. The van der Waals surface area contributed by atoms with E-state index in [1.165, 1.54) is 0 Å². The van der Waals surface area contributed by atoms with Crippen LogP contribution in [0.5, 0.6) is 5.75 Å². The van der Waals surface area contributed by atoms with E-state index in [0.29, 0.717) is 36.3 Å². The highest BCUT2D eigenvalue weighted by Gasteiger charge is 2.67. The summed E-state index contributed by atoms with van der Waals surface area (Å²) in [6, 6.07) is 5.28. The Morgan fingerprint density at radius 1 is 1.06 bits per heavy atom. The van der Waals surface area contributed by atoms with Crippen molar-refractivity contribution in [3.63, 3.8) is 0 Å². The number of cyclic esters (lactones) is 1. The summed E-state index contributed by atoms with van der Waals surface area (Å²) in [5.41, 5.74) is 0.268. The Balaban J connectivity index is 1.23. The van der Waals surface area contributed by atoms with E-state index in [9.17, 15) is 35.4 Å². The third kappa shape index (κ3) is 5.93. The van der Waals surface area contributed by atoms with Crippen molar-refractivity contribution < 1.29 is 54.4 Å². The second-order valence-electron chi connectivity index (χ2n) is 14.5. The highest BCUT2D eigenvalue weighted by Crippen LogP contribution is 2.66. The normalized spacial score (nSPS) is 42.4. The van der Waals surface area contributed by atoms with Crippen LogP contribution in [0.2, 0.25) is 0 Å². The van der Waals surface area contributed by atoms with Crippen molar-refractivity contribution in [2.24, 2.45) is 22.7 Å². The summed E-state index contributed by atoms with van der Waals surface area (Å²) in [5, 5.41) is 62.2. The van der Waals surface area contributed by atoms with Crippen LogP contribution in [0.15, 0.2) is 47.8 Å². The van der Waals surface area contributed by atoms with Gasteiger partial charge in [-0.15, -0.1) is 0 Å². The molecule has 11 atom stereocenters. The number of carbonyl (C=O) groups is 1. The van der Waals surface area contributed by atoms with Crippen LogP contribution in [0.1, 0.15) is 45.1 Å². The first-order valence-electron chi connectivity index (χ1n) is 16.3. The number of fused-ring (bicyclic) bond motifs is 1. The first kappa shape index (κ1) is 34.1. The molecule has 0 amide bonds. The first-order chi connectivity index (χ1) is 22.3. The van der Waals surface area contributed by atoms with Gasteiger partial charge in [0.05, 0.1) is 37.1 Å². The monoisotopic (exact) mass is 657 g/mol. The molecular formula is C35H47NO11. The topological polar surface area (TPSA) is 182 Å². The Kier molecular flexibility index (Phi) is 9.11. The van der Waals surface area contributed by atoms with E-state index in [0.717, 1.165) is 18.5 Å². The van der Waals surface area contributed by atoms with Crippen LogP contribution in [0.25, 0.3) is 6.08 Å². The van der Waals surface area contributed by atoms with Gasteiger partial charge < -0.3 is 54.5 Å². The van der Waals surface area contributed by atoms with E-state index in [-0.39, 0.29) is 35.2 Å². The zero-order valence-electron chi connectivity index (χ0n) is 27.3. The summed E-state index contributed by atoms with van der Waals surface area (Å²) >= 11 is 0. The Morgan fingerprint density at radius 2 is 1.81 bits per heavy atom. The van der Waals surface area contributed by atoms with E-state index in [1.807, 2.05) is 38.1 Å². The number of phenols is 1. The van der Waals surface area contributed by atoms with Crippen molar-refractivity contribution in [1.82, 2.24) is 0 Å². The number of allylic oxidation sites excluding steroid dienone is 1. The Labute approximate surface area is 274 Å². The second kappa shape index (κ2) is 12.6. The number of aliphatic hydroxyl groups excluding tert-OH is 5. The molecule has 12 nitrogen and oxygen atoms in total. The lowest BCUT2D eigenvalue weighted by atomic mass is 9.45. The lowest BCUT2D eigenvalue weighted by Gasteiger charge is -2.61. The number of esters is 1. The minimum atomic E-state index is -1.56. The fourth-order valence-electron chi connectivity index (χ4n) is 8.57. The molecule has 3 aliphatic heterocycles. The van der Waals surface area contributed by atoms with Gasteiger partial charge in [0, 0.05) is 42.7 Å². The van der Waals surface area contributed by atoms with Crippen LogP contribution < -0.4 is 4.90 Å². The lowest BCUT2D eigenvalue weighted by molar-refractivity contribution is -0.330. The van der Waals surface area contributed by atoms with Crippen molar-refractivity contribution in [2.75, 3.05) is 38.8 Å². The van der Waals surface area contributed by atoms with Gasteiger partial charge in [-0.3, -0.25) is 0 Å². The molecule has 0 bridgehead atoms. The molecule has 258 valence electrons. The van der Waals surface area contributed by atoms with Crippen LogP contribution in [0, 0.1) is 22.7 Å². The van der Waals surface area contributed by atoms with Gasteiger partial charge in [0.2, 0.25) is 0 Å². The number of benzene rings is 1. The Bertz CT molecular complexity index is 1450. The van der Waals surface area contributed by atoms with Crippen molar-refractivity contribution in [2.45, 2.75) is 81.9 Å². The standard InChI is InChI=1S/C35H47NO11/c1-33-11-10-27(47-32-30(42)29(41)28(40)24(16-37)46-32)34(2,17-38)25(33)9-12-35(18-44-35)26(33)8-6-20-14-22(45-31(20)43)13-19-5-7-21(36(3)4)15-23(19)39/h5-8,13-15,24-30,32,37-42H,9-12,16-18H2,1-4H3/t24?,25?,26?,27-,28?,29?,30?,32?,33+,34+,35?/m1/s1. The maximum absolute atomic E-state index is 12.9. The molecule has 0 radical (unpaired) electrons. The zero-order valence-corrected chi connectivity index (χ0v) is 27.3. The minimum absolute atomic E-state index is 0.0406. The summed E-state index contributed by atoms with van der Waals surface area (Å²) < 4.78 is 23.6. The summed E-state index contributed by atoms with van der Waals surface area (Å²) in [6.45, 7) is 4.00. The number of rotatable bonds is 8. The number of hydrogen-bond acceptors (Lipinski definition) is 12. The SMILES string of the molecule is CN(C)c1ccc(C=C2C=C(C=CC3C4(CCC5[C@]3(C)CC[C@@H](OC3OC(CO)C(O)C(O)C3O)[C@@]5(C)CO)CO4)C(=O)O2)c(O)c1. The third-order valence-electron chi connectivity index (χ3n) is 11.4. The molecule has 3 heterocycles. The fourth-order valence-corrected chi connectivity index (χ4v) is 8.57. The molecule has 47 heavy (non-hydrogen) atoms. The minimum Gasteiger partial charge on any atom is -0.507 e. The van der Waals surface area contributed by atoms with E-state index in [2.05, 4.69) is 6.92 Å². The van der Waals surface area contributed by atoms with Gasteiger partial charge in [0.1, 0.15) is 35.9 Å². The summed E-state index contributed by atoms with van der Waals surface area (Å²) in [4.78, 5) is 14.8. The number of carbonyl (C=O) groups excluding carboxylic acids is 1. The molecule has 4 fully saturated rings. The molecule has 1 spiro atoms. The number of hydrogen-bond donors (Lipinski definition) is 6. The van der Waals surface area contributed by atoms with Crippen LogP contribution in [0.4, 0.5) is 5.69 Å². The quantitative estimate of drug-likeness (QED) is 0.135.